The van der Waals surface area contributed by atoms with Crippen molar-refractivity contribution in [1.82, 2.24) is 10.2 Å². The molecule has 94 valence electrons. The lowest BCUT2D eigenvalue weighted by Gasteiger charge is -2.26. The molecule has 1 saturated heterocycles. The summed E-state index contributed by atoms with van der Waals surface area (Å²) < 4.78 is 0.741. The molecule has 1 N–H and O–H groups in total. The Morgan fingerprint density at radius 1 is 1.65 bits per heavy atom. The number of thiophene rings is 1. The van der Waals surface area contributed by atoms with Gasteiger partial charge in [0.15, 0.2) is 0 Å². The van der Waals surface area contributed by atoms with Crippen molar-refractivity contribution in [1.29, 1.82) is 0 Å². The van der Waals surface area contributed by atoms with Crippen LogP contribution in [0.5, 0.6) is 0 Å². The Morgan fingerprint density at radius 3 is 2.94 bits per heavy atom. The Bertz CT molecular complexity index is 401. The van der Waals surface area contributed by atoms with Crippen LogP contribution in [0.15, 0.2) is 12.1 Å². The van der Waals surface area contributed by atoms with E-state index in [0.29, 0.717) is 6.04 Å². The van der Waals surface area contributed by atoms with E-state index in [2.05, 4.69) is 5.32 Å². The lowest BCUT2D eigenvalue weighted by molar-refractivity contribution is -0.132. The molecule has 1 fully saturated rings. The van der Waals surface area contributed by atoms with Crippen molar-refractivity contribution in [2.24, 2.45) is 0 Å². The average molecular weight is 273 g/mol. The first-order chi connectivity index (χ1) is 8.09. The molecule has 17 heavy (non-hydrogen) atoms. The highest BCUT2D eigenvalue weighted by atomic mass is 35.5. The molecule has 1 aliphatic rings. The summed E-state index contributed by atoms with van der Waals surface area (Å²) in [5.41, 5.74) is 0. The predicted molar refractivity (Wildman–Crippen MR) is 71.8 cm³/mol. The average Bonchev–Trinajstić information content (AvgIpc) is 2.96. The lowest BCUT2D eigenvalue weighted by atomic mass is 10.1. The molecule has 0 aliphatic carbocycles. The first kappa shape index (κ1) is 12.9. The smallest absolute Gasteiger partial charge is 0.230 e. The normalized spacial score (nSPS) is 21.5. The molecule has 0 spiro atoms. The third kappa shape index (κ3) is 2.81. The third-order valence-electron chi connectivity index (χ3n) is 3.32. The largest absolute Gasteiger partial charge is 0.341 e. The van der Waals surface area contributed by atoms with E-state index >= 15 is 0 Å². The number of carbonyl (C=O) groups is 1. The molecule has 2 heterocycles. The van der Waals surface area contributed by atoms with Crippen LogP contribution in [0, 0.1) is 0 Å². The lowest BCUT2D eigenvalue weighted by Crippen LogP contribution is -2.40. The van der Waals surface area contributed by atoms with Crippen LogP contribution in [0.3, 0.4) is 0 Å². The van der Waals surface area contributed by atoms with Gasteiger partial charge >= 0.3 is 0 Å². The Kier molecular flexibility index (Phi) is 4.07. The Morgan fingerprint density at radius 2 is 2.41 bits per heavy atom. The monoisotopic (exact) mass is 272 g/mol. The molecule has 2 atom stereocenters. The summed E-state index contributed by atoms with van der Waals surface area (Å²) in [6.07, 6.45) is 1.04. The molecule has 2 rings (SSSR count). The summed E-state index contributed by atoms with van der Waals surface area (Å²) in [7, 11) is 1.89. The van der Waals surface area contributed by atoms with Crippen LogP contribution < -0.4 is 5.32 Å². The molecule has 0 bridgehead atoms. The van der Waals surface area contributed by atoms with Crippen LogP contribution in [-0.4, -0.2) is 37.0 Å². The van der Waals surface area contributed by atoms with Crippen LogP contribution in [0.2, 0.25) is 4.34 Å². The third-order valence-corrected chi connectivity index (χ3v) is 4.73. The van der Waals surface area contributed by atoms with E-state index in [1.54, 1.807) is 0 Å². The number of hydrogen-bond acceptors (Lipinski definition) is 3. The van der Waals surface area contributed by atoms with E-state index in [0.717, 1.165) is 28.7 Å². The molecule has 1 amide bonds. The maximum Gasteiger partial charge on any atom is 0.230 e. The highest BCUT2D eigenvalue weighted by molar-refractivity contribution is 7.16. The summed E-state index contributed by atoms with van der Waals surface area (Å²) in [6, 6.07) is 4.12. The van der Waals surface area contributed by atoms with Gasteiger partial charge in [0.1, 0.15) is 0 Å². The van der Waals surface area contributed by atoms with E-state index < -0.39 is 0 Å². The SMILES string of the molecule is CC(C(=O)N(C)C1CCNC1)c1ccc(Cl)s1. The van der Waals surface area contributed by atoms with Crippen molar-refractivity contribution in [2.75, 3.05) is 20.1 Å². The maximum atomic E-state index is 12.3. The number of amides is 1. The fourth-order valence-electron chi connectivity index (χ4n) is 2.14. The van der Waals surface area contributed by atoms with Gasteiger partial charge in [-0.2, -0.15) is 0 Å². The topological polar surface area (TPSA) is 32.3 Å². The number of hydrogen-bond donors (Lipinski definition) is 1. The molecule has 2 unspecified atom stereocenters. The van der Waals surface area contributed by atoms with Gasteiger partial charge in [0.2, 0.25) is 5.91 Å². The van der Waals surface area contributed by atoms with Gasteiger partial charge in [-0.1, -0.05) is 11.6 Å². The maximum absolute atomic E-state index is 12.3. The quantitative estimate of drug-likeness (QED) is 0.916. The Labute approximate surface area is 111 Å². The van der Waals surface area contributed by atoms with Crippen molar-refractivity contribution >= 4 is 28.8 Å². The molecule has 1 aromatic heterocycles. The summed E-state index contributed by atoms with van der Waals surface area (Å²) in [5, 5.41) is 3.28. The summed E-state index contributed by atoms with van der Waals surface area (Å²) in [6.45, 7) is 3.85. The van der Waals surface area contributed by atoms with Gasteiger partial charge in [-0.25, -0.2) is 0 Å². The van der Waals surface area contributed by atoms with Crippen LogP contribution in [0.4, 0.5) is 0 Å². The molecule has 1 aliphatic heterocycles. The van der Waals surface area contributed by atoms with Crippen molar-refractivity contribution in [3.05, 3.63) is 21.3 Å². The van der Waals surface area contributed by atoms with Gasteiger partial charge in [0.25, 0.3) is 0 Å². The molecule has 3 nitrogen and oxygen atoms in total. The van der Waals surface area contributed by atoms with Crippen LogP contribution in [0.25, 0.3) is 0 Å². The number of nitrogens with one attached hydrogen (secondary N) is 1. The summed E-state index contributed by atoms with van der Waals surface area (Å²) in [5.74, 6) is 0.0790. The zero-order valence-corrected chi connectivity index (χ0v) is 11.6. The van der Waals surface area contributed by atoms with Gasteiger partial charge in [0.05, 0.1) is 10.3 Å². The second-order valence-electron chi connectivity index (χ2n) is 4.46. The number of halogens is 1. The van der Waals surface area contributed by atoms with Crippen molar-refractivity contribution in [3.8, 4) is 0 Å². The van der Waals surface area contributed by atoms with Gasteiger partial charge in [0, 0.05) is 24.5 Å². The molecule has 0 aromatic carbocycles. The minimum atomic E-state index is -0.0990. The first-order valence-electron chi connectivity index (χ1n) is 5.82. The van der Waals surface area contributed by atoms with Gasteiger partial charge in [-0.3, -0.25) is 4.79 Å². The zero-order chi connectivity index (χ0) is 12.4. The van der Waals surface area contributed by atoms with Gasteiger partial charge in [-0.05, 0) is 32.0 Å². The summed E-state index contributed by atoms with van der Waals surface area (Å²) in [4.78, 5) is 15.2. The molecule has 1 aromatic rings. The van der Waals surface area contributed by atoms with Crippen LogP contribution in [0.1, 0.15) is 24.1 Å². The standard InChI is InChI=1S/C12H17ClN2OS/c1-8(10-3-4-11(13)17-10)12(16)15(2)9-5-6-14-7-9/h3-4,8-9,14H,5-7H2,1-2H3. The van der Waals surface area contributed by atoms with E-state index in [1.807, 2.05) is 31.0 Å². The van der Waals surface area contributed by atoms with Crippen molar-refractivity contribution in [3.63, 3.8) is 0 Å². The molecular weight excluding hydrogens is 256 g/mol. The van der Waals surface area contributed by atoms with E-state index in [9.17, 15) is 4.79 Å². The highest BCUT2D eigenvalue weighted by Crippen LogP contribution is 2.29. The van der Waals surface area contributed by atoms with Crippen molar-refractivity contribution in [2.45, 2.75) is 25.3 Å². The first-order valence-corrected chi connectivity index (χ1v) is 7.01. The molecular formula is C12H17ClN2OS. The molecule has 0 saturated carbocycles. The molecule has 0 radical (unpaired) electrons. The predicted octanol–water partition coefficient (Wildman–Crippen LogP) is 2.33. The van der Waals surface area contributed by atoms with Crippen LogP contribution in [-0.2, 0) is 4.79 Å². The Balaban J connectivity index is 2.03. The number of likely N-dealkylation sites (N-methyl/N-ethyl adjacent to an activating group) is 1. The fourth-order valence-corrected chi connectivity index (χ4v) is 3.24. The number of carbonyl (C=O) groups excluding carboxylic acids is 1. The fraction of sp³-hybridized carbons (Fsp3) is 0.583. The van der Waals surface area contributed by atoms with E-state index in [4.69, 9.17) is 11.6 Å². The number of rotatable bonds is 3. The Hall–Kier alpha value is -0.580. The minimum Gasteiger partial charge on any atom is -0.341 e. The van der Waals surface area contributed by atoms with Crippen molar-refractivity contribution < 1.29 is 4.79 Å². The van der Waals surface area contributed by atoms with Gasteiger partial charge in [-0.15, -0.1) is 11.3 Å². The second kappa shape index (κ2) is 5.38. The minimum absolute atomic E-state index is 0.0990. The number of nitrogens with zero attached hydrogens (tertiary/aromatic N) is 1. The van der Waals surface area contributed by atoms with E-state index in [-0.39, 0.29) is 11.8 Å². The van der Waals surface area contributed by atoms with Gasteiger partial charge < -0.3 is 10.2 Å². The van der Waals surface area contributed by atoms with Crippen LogP contribution >= 0.6 is 22.9 Å². The second-order valence-corrected chi connectivity index (χ2v) is 6.21. The highest BCUT2D eigenvalue weighted by Gasteiger charge is 2.27. The zero-order valence-electron chi connectivity index (χ0n) is 10.1. The van der Waals surface area contributed by atoms with E-state index in [1.165, 1.54) is 11.3 Å². The molecule has 5 heteroatoms. The summed E-state index contributed by atoms with van der Waals surface area (Å²) >= 11 is 7.39.